The van der Waals surface area contributed by atoms with Crippen LogP contribution in [0, 0.1) is 52.3 Å². The van der Waals surface area contributed by atoms with Crippen LogP contribution in [0.25, 0.3) is 0 Å². The monoisotopic (exact) mass is 400 g/mol. The van der Waals surface area contributed by atoms with Gasteiger partial charge in [-0.2, -0.15) is 0 Å². The molecule has 1 unspecified atom stereocenters. The molecular weight excluding hydrogens is 352 g/mol. The highest BCUT2D eigenvalue weighted by Gasteiger charge is 2.61. The molecule has 1 nitrogen and oxygen atoms in total. The second-order valence-corrected chi connectivity index (χ2v) is 12.6. The summed E-state index contributed by atoms with van der Waals surface area (Å²) in [6.45, 7) is 14.9. The topological polar surface area (TPSA) is 20.2 Å². The summed E-state index contributed by atoms with van der Waals surface area (Å²) in [5, 5.41) is 11.4. The molecule has 0 amide bonds. The standard InChI is InChI=1S/C28H48O/c1-18(2)9-7-10-19(3)21-12-13-22-26-23(14-16-28(21,22)6)27(5)15-8-11-20(4)24(27)17-25(26)29/h17-23,25-26,29H,7-16H2,1-6H3/t19-,20-,21-,22+,23+,25?,26+,27-,28-/m1/s1. The molecule has 4 rings (SSSR count). The Morgan fingerprint density at radius 1 is 1.00 bits per heavy atom. The lowest BCUT2D eigenvalue weighted by atomic mass is 9.45. The summed E-state index contributed by atoms with van der Waals surface area (Å²) in [7, 11) is 0. The fourth-order valence-electron chi connectivity index (χ4n) is 9.13. The fourth-order valence-corrected chi connectivity index (χ4v) is 9.13. The van der Waals surface area contributed by atoms with Gasteiger partial charge in [-0.05, 0) is 90.8 Å². The van der Waals surface area contributed by atoms with Crippen molar-refractivity contribution in [2.75, 3.05) is 0 Å². The minimum absolute atomic E-state index is 0.191. The maximum atomic E-state index is 11.4. The summed E-state index contributed by atoms with van der Waals surface area (Å²) in [6.07, 6.45) is 15.9. The van der Waals surface area contributed by atoms with E-state index in [4.69, 9.17) is 0 Å². The zero-order valence-corrected chi connectivity index (χ0v) is 20.2. The fraction of sp³-hybridized carbons (Fsp3) is 0.929. The molecule has 9 atom stereocenters. The first-order valence-electron chi connectivity index (χ1n) is 13.1. The second kappa shape index (κ2) is 7.99. The summed E-state index contributed by atoms with van der Waals surface area (Å²) in [4.78, 5) is 0. The van der Waals surface area contributed by atoms with Crippen LogP contribution >= 0.6 is 0 Å². The summed E-state index contributed by atoms with van der Waals surface area (Å²) < 4.78 is 0. The second-order valence-electron chi connectivity index (χ2n) is 12.6. The summed E-state index contributed by atoms with van der Waals surface area (Å²) in [5.74, 6) is 5.19. The molecule has 0 aromatic rings. The van der Waals surface area contributed by atoms with Gasteiger partial charge < -0.3 is 5.11 Å². The van der Waals surface area contributed by atoms with Crippen molar-refractivity contribution in [3.63, 3.8) is 0 Å². The van der Waals surface area contributed by atoms with Crippen molar-refractivity contribution < 1.29 is 5.11 Å². The van der Waals surface area contributed by atoms with Crippen molar-refractivity contribution in [2.45, 2.75) is 112 Å². The quantitative estimate of drug-likeness (QED) is 0.470. The number of rotatable bonds is 5. The van der Waals surface area contributed by atoms with Gasteiger partial charge in [-0.3, -0.25) is 0 Å². The van der Waals surface area contributed by atoms with Gasteiger partial charge in [-0.1, -0.05) is 78.9 Å². The Labute approximate surface area is 181 Å². The lowest BCUT2D eigenvalue weighted by molar-refractivity contribution is -0.0947. The first-order valence-corrected chi connectivity index (χ1v) is 13.1. The molecule has 0 bridgehead atoms. The van der Waals surface area contributed by atoms with Crippen LogP contribution in [-0.4, -0.2) is 11.2 Å². The Balaban J connectivity index is 1.55. The van der Waals surface area contributed by atoms with Crippen LogP contribution in [0.1, 0.15) is 106 Å². The van der Waals surface area contributed by atoms with E-state index in [9.17, 15) is 5.11 Å². The third-order valence-corrected chi connectivity index (χ3v) is 10.6. The zero-order chi connectivity index (χ0) is 21.0. The Morgan fingerprint density at radius 3 is 2.48 bits per heavy atom. The van der Waals surface area contributed by atoms with Crippen LogP contribution in [0.3, 0.4) is 0 Å². The van der Waals surface area contributed by atoms with Crippen LogP contribution in [0.4, 0.5) is 0 Å². The molecule has 29 heavy (non-hydrogen) atoms. The van der Waals surface area contributed by atoms with Crippen LogP contribution < -0.4 is 0 Å². The Morgan fingerprint density at radius 2 is 1.76 bits per heavy atom. The summed E-state index contributed by atoms with van der Waals surface area (Å²) >= 11 is 0. The van der Waals surface area contributed by atoms with Gasteiger partial charge in [0.15, 0.2) is 0 Å². The van der Waals surface area contributed by atoms with E-state index < -0.39 is 0 Å². The molecule has 0 aliphatic heterocycles. The molecule has 3 fully saturated rings. The maximum Gasteiger partial charge on any atom is 0.0757 e. The Bertz CT molecular complexity index is 620. The van der Waals surface area contributed by atoms with Crippen LogP contribution in [-0.2, 0) is 0 Å². The van der Waals surface area contributed by atoms with E-state index in [2.05, 4.69) is 47.6 Å². The van der Waals surface area contributed by atoms with Gasteiger partial charge in [-0.15, -0.1) is 0 Å². The van der Waals surface area contributed by atoms with Gasteiger partial charge in [0.1, 0.15) is 0 Å². The molecule has 4 aliphatic rings. The van der Waals surface area contributed by atoms with E-state index in [1.807, 2.05) is 0 Å². The lowest BCUT2D eigenvalue weighted by Crippen LogP contribution is -2.55. The molecular formula is C28H48O. The van der Waals surface area contributed by atoms with E-state index in [0.717, 1.165) is 23.7 Å². The first kappa shape index (κ1) is 21.9. The van der Waals surface area contributed by atoms with Gasteiger partial charge in [-0.25, -0.2) is 0 Å². The van der Waals surface area contributed by atoms with Crippen molar-refractivity contribution in [2.24, 2.45) is 52.3 Å². The zero-order valence-electron chi connectivity index (χ0n) is 20.2. The number of aliphatic hydroxyl groups excluding tert-OH is 1. The molecule has 0 heterocycles. The van der Waals surface area contributed by atoms with Crippen LogP contribution in [0.5, 0.6) is 0 Å². The van der Waals surface area contributed by atoms with Gasteiger partial charge in [0.2, 0.25) is 0 Å². The molecule has 1 heteroatoms. The third kappa shape index (κ3) is 3.56. The highest BCUT2D eigenvalue weighted by molar-refractivity contribution is 5.28. The predicted molar refractivity (Wildman–Crippen MR) is 124 cm³/mol. The minimum atomic E-state index is -0.191. The molecule has 0 radical (unpaired) electrons. The van der Waals surface area contributed by atoms with E-state index in [1.165, 1.54) is 64.2 Å². The molecule has 166 valence electrons. The van der Waals surface area contributed by atoms with Crippen molar-refractivity contribution in [3.8, 4) is 0 Å². The normalized spacial score (nSPS) is 47.9. The van der Waals surface area contributed by atoms with Crippen molar-refractivity contribution in [3.05, 3.63) is 11.6 Å². The molecule has 0 aromatic carbocycles. The third-order valence-electron chi connectivity index (χ3n) is 10.6. The molecule has 0 aromatic heterocycles. The number of hydrogen-bond donors (Lipinski definition) is 1. The van der Waals surface area contributed by atoms with Crippen LogP contribution in [0.15, 0.2) is 11.6 Å². The number of fused-ring (bicyclic) bond motifs is 5. The summed E-state index contributed by atoms with van der Waals surface area (Å²) in [5.41, 5.74) is 2.45. The molecule has 4 aliphatic carbocycles. The van der Waals surface area contributed by atoms with E-state index in [0.29, 0.717) is 28.6 Å². The highest BCUT2D eigenvalue weighted by Crippen LogP contribution is 2.67. The lowest BCUT2D eigenvalue weighted by Gasteiger charge is -2.60. The number of aliphatic hydroxyl groups is 1. The van der Waals surface area contributed by atoms with Crippen molar-refractivity contribution in [1.82, 2.24) is 0 Å². The van der Waals surface area contributed by atoms with Crippen molar-refractivity contribution in [1.29, 1.82) is 0 Å². The minimum Gasteiger partial charge on any atom is -0.389 e. The first-order chi connectivity index (χ1) is 13.7. The highest BCUT2D eigenvalue weighted by atomic mass is 16.3. The molecule has 3 saturated carbocycles. The SMILES string of the molecule is CC(C)CCC[C@@H](C)[C@H]1CC[C@H]2[C@@H]3C(O)C=C4[C@H](C)CCC[C@]4(C)[C@H]3CC[C@]12C. The average Bonchev–Trinajstić information content (AvgIpc) is 3.00. The Kier molecular flexibility index (Phi) is 6.04. The Hall–Kier alpha value is -0.300. The predicted octanol–water partition coefficient (Wildman–Crippen LogP) is 7.63. The van der Waals surface area contributed by atoms with Crippen molar-refractivity contribution >= 4 is 0 Å². The molecule has 0 spiro atoms. The molecule has 1 N–H and O–H groups in total. The van der Waals surface area contributed by atoms with Crippen LogP contribution in [0.2, 0.25) is 0 Å². The van der Waals surface area contributed by atoms with Gasteiger partial charge in [0.05, 0.1) is 6.10 Å². The smallest absolute Gasteiger partial charge is 0.0757 e. The van der Waals surface area contributed by atoms with E-state index in [1.54, 1.807) is 5.57 Å². The van der Waals surface area contributed by atoms with Gasteiger partial charge >= 0.3 is 0 Å². The van der Waals surface area contributed by atoms with Gasteiger partial charge in [0, 0.05) is 0 Å². The van der Waals surface area contributed by atoms with E-state index >= 15 is 0 Å². The van der Waals surface area contributed by atoms with Gasteiger partial charge in [0.25, 0.3) is 0 Å². The number of hydrogen-bond acceptors (Lipinski definition) is 1. The summed E-state index contributed by atoms with van der Waals surface area (Å²) in [6, 6.07) is 0. The maximum absolute atomic E-state index is 11.4. The van der Waals surface area contributed by atoms with E-state index in [-0.39, 0.29) is 6.10 Å². The molecule has 0 saturated heterocycles. The number of allylic oxidation sites excluding steroid dienone is 1. The largest absolute Gasteiger partial charge is 0.389 e. The average molecular weight is 401 g/mol.